The second-order valence-corrected chi connectivity index (χ2v) is 8.65. The fourth-order valence-corrected chi connectivity index (χ4v) is 4.65. The number of fused-ring (bicyclic) bond motifs is 1. The van der Waals surface area contributed by atoms with E-state index in [0.717, 1.165) is 6.42 Å². The van der Waals surface area contributed by atoms with Crippen LogP contribution in [-0.2, 0) is 23.3 Å². The topological polar surface area (TPSA) is 122 Å². The number of aromatic nitrogens is 4. The zero-order chi connectivity index (χ0) is 24.0. The number of amides is 2. The number of halogens is 2. The molecule has 176 valence electrons. The summed E-state index contributed by atoms with van der Waals surface area (Å²) >= 11 is 0. The van der Waals surface area contributed by atoms with E-state index >= 15 is 0 Å². The van der Waals surface area contributed by atoms with Gasteiger partial charge in [-0.25, -0.2) is 8.78 Å². The van der Waals surface area contributed by atoms with Gasteiger partial charge < -0.3 is 15.2 Å². The number of nitrogens with zero attached hydrogens (tertiary/aromatic N) is 3. The number of alkyl halides is 2. The molecule has 3 aromatic rings. The Morgan fingerprint density at radius 3 is 2.71 bits per heavy atom. The highest BCUT2D eigenvalue weighted by atomic mass is 19.3. The summed E-state index contributed by atoms with van der Waals surface area (Å²) in [4.78, 5) is 39.3. The number of hydrogen-bond donors (Lipinski definition) is 3. The molecule has 11 heteroatoms. The van der Waals surface area contributed by atoms with Crippen LogP contribution in [0.1, 0.15) is 69.0 Å². The van der Waals surface area contributed by atoms with E-state index in [0.29, 0.717) is 42.8 Å². The molecule has 5 rings (SSSR count). The van der Waals surface area contributed by atoms with Crippen LogP contribution >= 0.6 is 0 Å². The van der Waals surface area contributed by atoms with E-state index < -0.39 is 29.6 Å². The summed E-state index contributed by atoms with van der Waals surface area (Å²) in [7, 11) is 0. The minimum atomic E-state index is -2.66. The number of carbonyl (C=O) groups excluding carboxylic acids is 3. The van der Waals surface area contributed by atoms with E-state index in [1.165, 1.54) is 30.5 Å². The van der Waals surface area contributed by atoms with Crippen molar-refractivity contribution >= 4 is 23.3 Å². The lowest BCUT2D eigenvalue weighted by Crippen LogP contribution is -2.40. The fourth-order valence-electron chi connectivity index (χ4n) is 4.65. The van der Waals surface area contributed by atoms with Crippen molar-refractivity contribution in [1.29, 1.82) is 0 Å². The summed E-state index contributed by atoms with van der Waals surface area (Å²) in [5.41, 5.74) is 1.39. The normalized spacial score (nSPS) is 15.8. The zero-order valence-corrected chi connectivity index (χ0v) is 18.3. The van der Waals surface area contributed by atoms with Gasteiger partial charge in [0.05, 0.1) is 17.3 Å². The largest absolute Gasteiger partial charge is 0.340 e. The zero-order valence-electron chi connectivity index (χ0n) is 18.3. The molecule has 1 aliphatic carbocycles. The van der Waals surface area contributed by atoms with Crippen molar-refractivity contribution in [3.05, 3.63) is 64.2 Å². The van der Waals surface area contributed by atoms with E-state index in [4.69, 9.17) is 0 Å². The molecule has 1 saturated carbocycles. The van der Waals surface area contributed by atoms with Crippen LogP contribution < -0.4 is 10.6 Å². The Labute approximate surface area is 192 Å². The number of ketones is 1. The molecule has 1 aliphatic heterocycles. The Morgan fingerprint density at radius 1 is 1.24 bits per heavy atom. The van der Waals surface area contributed by atoms with Gasteiger partial charge in [0.25, 0.3) is 24.0 Å². The second kappa shape index (κ2) is 8.15. The average molecular weight is 468 g/mol. The Bertz CT molecular complexity index is 1290. The minimum absolute atomic E-state index is 0.205. The van der Waals surface area contributed by atoms with Crippen LogP contribution in [0.5, 0.6) is 0 Å². The van der Waals surface area contributed by atoms with Gasteiger partial charge in [-0.2, -0.15) is 15.4 Å². The molecule has 3 heterocycles. The molecule has 0 atom stereocenters. The van der Waals surface area contributed by atoms with Crippen LogP contribution in [0, 0.1) is 6.92 Å². The molecule has 1 fully saturated rings. The summed E-state index contributed by atoms with van der Waals surface area (Å²) in [6, 6.07) is 5.45. The Morgan fingerprint density at radius 2 is 2.03 bits per heavy atom. The van der Waals surface area contributed by atoms with Gasteiger partial charge in [0.15, 0.2) is 0 Å². The first-order chi connectivity index (χ1) is 16.3. The summed E-state index contributed by atoms with van der Waals surface area (Å²) in [6.45, 7) is 2.15. The number of anilines is 1. The maximum absolute atomic E-state index is 13.2. The number of carbonyl (C=O) groups is 3. The monoisotopic (exact) mass is 468 g/mol. The van der Waals surface area contributed by atoms with Gasteiger partial charge in [-0.1, -0.05) is 12.1 Å². The molecule has 0 bridgehead atoms. The maximum Gasteiger partial charge on any atom is 0.293 e. The summed E-state index contributed by atoms with van der Waals surface area (Å²) in [6.07, 6.45) is 1.43. The van der Waals surface area contributed by atoms with Gasteiger partial charge in [-0.3, -0.25) is 14.4 Å². The highest BCUT2D eigenvalue weighted by Crippen LogP contribution is 2.44. The van der Waals surface area contributed by atoms with Crippen LogP contribution in [0.15, 0.2) is 30.5 Å². The molecular formula is C23H22F2N6O3. The molecule has 1 aromatic carbocycles. The Hall–Kier alpha value is -3.89. The van der Waals surface area contributed by atoms with E-state index in [1.807, 2.05) is 0 Å². The van der Waals surface area contributed by atoms with Crippen molar-refractivity contribution in [1.82, 2.24) is 25.3 Å². The first-order valence-corrected chi connectivity index (χ1v) is 11.0. The molecule has 2 aliphatic rings. The summed E-state index contributed by atoms with van der Waals surface area (Å²) in [5, 5.41) is 15.8. The summed E-state index contributed by atoms with van der Waals surface area (Å²) in [5.74, 6) is -2.00. The average Bonchev–Trinajstić information content (AvgIpc) is 3.16. The number of nitrogens with one attached hydrogen (secondary N) is 3. The third kappa shape index (κ3) is 3.66. The quantitative estimate of drug-likeness (QED) is 0.364. The predicted octanol–water partition coefficient (Wildman–Crippen LogP) is 3.04. The Balaban J connectivity index is 1.42. The minimum Gasteiger partial charge on any atom is -0.340 e. The highest BCUT2D eigenvalue weighted by molar-refractivity contribution is 6.44. The third-order valence-corrected chi connectivity index (χ3v) is 6.46. The molecule has 2 amide bonds. The van der Waals surface area contributed by atoms with Gasteiger partial charge >= 0.3 is 0 Å². The van der Waals surface area contributed by atoms with Crippen molar-refractivity contribution in [3.63, 3.8) is 0 Å². The van der Waals surface area contributed by atoms with Crippen LogP contribution in [0.3, 0.4) is 0 Å². The highest BCUT2D eigenvalue weighted by Gasteiger charge is 2.49. The lowest BCUT2D eigenvalue weighted by atomic mass is 10.0. The van der Waals surface area contributed by atoms with Crippen LogP contribution in [0.4, 0.5) is 14.5 Å². The van der Waals surface area contributed by atoms with Crippen LogP contribution in [0.2, 0.25) is 0 Å². The van der Waals surface area contributed by atoms with Crippen molar-refractivity contribution in [2.75, 3.05) is 5.32 Å². The van der Waals surface area contributed by atoms with E-state index in [2.05, 4.69) is 26.0 Å². The van der Waals surface area contributed by atoms with Crippen LogP contribution in [0.25, 0.3) is 0 Å². The van der Waals surface area contributed by atoms with E-state index in [-0.39, 0.29) is 22.5 Å². The Kier molecular flexibility index (Phi) is 5.26. The molecule has 0 unspecified atom stereocenters. The molecular weight excluding hydrogens is 446 g/mol. The van der Waals surface area contributed by atoms with Gasteiger partial charge in [0.1, 0.15) is 11.4 Å². The molecule has 9 nitrogen and oxygen atoms in total. The number of H-pyrrole nitrogens is 1. The molecule has 2 aromatic heterocycles. The number of aromatic amines is 1. The maximum atomic E-state index is 13.2. The molecule has 0 saturated heterocycles. The van der Waals surface area contributed by atoms with Crippen molar-refractivity contribution < 1.29 is 23.2 Å². The van der Waals surface area contributed by atoms with Crippen LogP contribution in [-0.4, -0.2) is 37.6 Å². The van der Waals surface area contributed by atoms with Gasteiger partial charge in [-0.05, 0) is 50.3 Å². The number of Topliss-reactive ketones (excluding diaryl/α,β-unsaturated/α-hetero) is 1. The van der Waals surface area contributed by atoms with Gasteiger partial charge in [0.2, 0.25) is 0 Å². The smallest absolute Gasteiger partial charge is 0.293 e. The number of hydrogen-bond acceptors (Lipinski definition) is 5. The van der Waals surface area contributed by atoms with E-state index in [1.54, 1.807) is 11.5 Å². The van der Waals surface area contributed by atoms with Gasteiger partial charge in [-0.15, -0.1) is 0 Å². The first kappa shape index (κ1) is 21.9. The third-order valence-electron chi connectivity index (χ3n) is 6.46. The van der Waals surface area contributed by atoms with Crippen molar-refractivity contribution in [3.8, 4) is 0 Å². The van der Waals surface area contributed by atoms with Crippen molar-refractivity contribution in [2.24, 2.45) is 0 Å². The molecule has 0 radical (unpaired) electrons. The molecule has 0 spiro atoms. The summed E-state index contributed by atoms with van der Waals surface area (Å²) < 4.78 is 27.8. The second-order valence-electron chi connectivity index (χ2n) is 8.65. The number of rotatable bonds is 7. The van der Waals surface area contributed by atoms with Crippen molar-refractivity contribution in [2.45, 2.75) is 51.1 Å². The predicted molar refractivity (Wildman–Crippen MR) is 117 cm³/mol. The number of benzene rings is 1. The van der Waals surface area contributed by atoms with Gasteiger partial charge in [0, 0.05) is 23.5 Å². The lowest BCUT2D eigenvalue weighted by Gasteiger charge is -2.14. The lowest BCUT2D eigenvalue weighted by molar-refractivity contribution is -0.118. The SMILES string of the molecule is Cc1c(C(=O)C(=O)NC2(c3cn[nH]n3)CC2)c2n(c1C(=O)Nc1cccc(C(F)F)c1)CCC2. The first-order valence-electron chi connectivity index (χ1n) is 11.0. The standard InChI is InChI=1S/C23H22F2N6O3/c1-12-17(19(32)22(34)28-23(7-8-23)16-11-26-30-29-16)15-6-3-9-31(15)18(12)21(33)27-14-5-2-4-13(10-14)20(24)25/h2,4-5,10-11,20H,3,6-9H2,1H3,(H,27,33)(H,28,34)(H,26,29,30). The molecule has 34 heavy (non-hydrogen) atoms. The fraction of sp³-hybridized carbons (Fsp3) is 0.348. The van der Waals surface area contributed by atoms with E-state index in [9.17, 15) is 23.2 Å². The molecule has 3 N–H and O–H groups in total.